The Morgan fingerprint density at radius 2 is 2.20 bits per heavy atom. The molecule has 0 bridgehead atoms. The second-order valence-corrected chi connectivity index (χ2v) is 3.91. The molecule has 1 aromatic carbocycles. The number of halogens is 2. The number of rotatable bonds is 5. The molecular formula is C11H13Cl2N3O4. The molecule has 0 unspecified atom stereocenters. The van der Waals surface area contributed by atoms with Crippen LogP contribution in [0.5, 0.6) is 0 Å². The number of anilines is 1. The van der Waals surface area contributed by atoms with Crippen LogP contribution in [0.1, 0.15) is 13.3 Å². The third-order valence-corrected chi connectivity index (χ3v) is 2.39. The number of hydrogen-bond acceptors (Lipinski definition) is 5. The maximum absolute atomic E-state index is 11.1. The Morgan fingerprint density at radius 3 is 2.70 bits per heavy atom. The van der Waals surface area contributed by atoms with Gasteiger partial charge in [0.25, 0.3) is 5.69 Å². The molecule has 20 heavy (non-hydrogen) atoms. The van der Waals surface area contributed by atoms with Crippen molar-refractivity contribution in [1.82, 2.24) is 0 Å². The third-order valence-electron chi connectivity index (χ3n) is 2.08. The second kappa shape index (κ2) is 8.34. The fourth-order valence-corrected chi connectivity index (χ4v) is 1.50. The summed E-state index contributed by atoms with van der Waals surface area (Å²) in [6.07, 6.45) is -0.221. The van der Waals surface area contributed by atoms with Gasteiger partial charge >= 0.3 is 5.97 Å². The van der Waals surface area contributed by atoms with E-state index in [1.54, 1.807) is 6.92 Å². The highest BCUT2D eigenvalue weighted by Crippen LogP contribution is 2.26. The summed E-state index contributed by atoms with van der Waals surface area (Å²) in [5, 5.41) is 20.8. The van der Waals surface area contributed by atoms with Crippen molar-refractivity contribution in [3.63, 3.8) is 0 Å². The minimum absolute atomic E-state index is 0. The van der Waals surface area contributed by atoms with E-state index in [9.17, 15) is 14.9 Å². The molecule has 0 saturated carbocycles. The van der Waals surface area contributed by atoms with E-state index in [-0.39, 0.29) is 42.0 Å². The molecule has 1 aromatic rings. The number of hydrogen-bond donors (Lipinski definition) is 2. The summed E-state index contributed by atoms with van der Waals surface area (Å²) in [6, 6.07) is 3.80. The van der Waals surface area contributed by atoms with Crippen molar-refractivity contribution in [2.24, 2.45) is 0 Å². The lowest BCUT2D eigenvalue weighted by molar-refractivity contribution is -0.384. The first-order valence-corrected chi connectivity index (χ1v) is 5.75. The van der Waals surface area contributed by atoms with Gasteiger partial charge in [0, 0.05) is 12.1 Å². The van der Waals surface area contributed by atoms with Gasteiger partial charge in [0.05, 0.1) is 22.2 Å². The maximum atomic E-state index is 11.1. The fraction of sp³-hybridized carbons (Fsp3) is 0.273. The van der Waals surface area contributed by atoms with Crippen LogP contribution in [0.2, 0.25) is 5.02 Å². The zero-order valence-electron chi connectivity index (χ0n) is 10.5. The van der Waals surface area contributed by atoms with E-state index in [1.807, 2.05) is 0 Å². The molecule has 0 saturated heterocycles. The average molecular weight is 322 g/mol. The Hall–Kier alpha value is -1.86. The van der Waals surface area contributed by atoms with Gasteiger partial charge < -0.3 is 10.1 Å². The van der Waals surface area contributed by atoms with E-state index < -0.39 is 10.9 Å². The molecule has 110 valence electrons. The topological polar surface area (TPSA) is 105 Å². The van der Waals surface area contributed by atoms with Crippen LogP contribution in [0.25, 0.3) is 0 Å². The Morgan fingerprint density at radius 1 is 1.55 bits per heavy atom. The smallest absolute Gasteiger partial charge is 0.313 e. The molecule has 0 aliphatic heterocycles. The largest absolute Gasteiger partial charge is 0.466 e. The minimum atomic E-state index is -0.570. The normalized spacial score (nSPS) is 9.30. The number of nitrogens with one attached hydrogen (secondary N) is 2. The highest BCUT2D eigenvalue weighted by Gasteiger charge is 2.12. The monoisotopic (exact) mass is 321 g/mol. The van der Waals surface area contributed by atoms with Crippen molar-refractivity contribution in [1.29, 1.82) is 5.41 Å². The van der Waals surface area contributed by atoms with Crippen molar-refractivity contribution in [2.45, 2.75) is 13.3 Å². The molecule has 1 rings (SSSR count). The summed E-state index contributed by atoms with van der Waals surface area (Å²) < 4.78 is 4.69. The minimum Gasteiger partial charge on any atom is -0.466 e. The number of carbonyl (C=O) groups is 1. The highest BCUT2D eigenvalue weighted by atomic mass is 35.5. The van der Waals surface area contributed by atoms with Crippen LogP contribution in [0.15, 0.2) is 18.2 Å². The summed E-state index contributed by atoms with van der Waals surface area (Å²) >= 11 is 5.84. The number of non-ortho nitro benzene ring substituents is 1. The zero-order chi connectivity index (χ0) is 14.4. The van der Waals surface area contributed by atoms with Gasteiger partial charge in [0.2, 0.25) is 0 Å². The van der Waals surface area contributed by atoms with Crippen LogP contribution < -0.4 is 5.32 Å². The van der Waals surface area contributed by atoms with E-state index in [0.29, 0.717) is 5.69 Å². The maximum Gasteiger partial charge on any atom is 0.313 e. The van der Waals surface area contributed by atoms with Crippen molar-refractivity contribution < 1.29 is 14.5 Å². The molecule has 0 heterocycles. The molecule has 0 aromatic heterocycles. The molecule has 0 atom stereocenters. The van der Waals surface area contributed by atoms with Crippen LogP contribution in [-0.4, -0.2) is 23.3 Å². The van der Waals surface area contributed by atoms with Crippen LogP contribution >= 0.6 is 24.0 Å². The number of ether oxygens (including phenoxy) is 1. The first-order valence-electron chi connectivity index (χ1n) is 5.38. The molecule has 7 nitrogen and oxygen atoms in total. The molecule has 0 fully saturated rings. The van der Waals surface area contributed by atoms with Gasteiger partial charge in [0.1, 0.15) is 12.3 Å². The van der Waals surface area contributed by atoms with Crippen LogP contribution in [0.3, 0.4) is 0 Å². The molecular weight excluding hydrogens is 309 g/mol. The van der Waals surface area contributed by atoms with Gasteiger partial charge in [-0.25, -0.2) is 0 Å². The first-order chi connectivity index (χ1) is 8.93. The van der Waals surface area contributed by atoms with Gasteiger partial charge in [-0.05, 0) is 13.0 Å². The predicted octanol–water partition coefficient (Wildman–Crippen LogP) is 3.01. The summed E-state index contributed by atoms with van der Waals surface area (Å²) in [4.78, 5) is 21.1. The van der Waals surface area contributed by atoms with E-state index in [4.69, 9.17) is 17.0 Å². The summed E-state index contributed by atoms with van der Waals surface area (Å²) in [5.41, 5.74) is 0.175. The first kappa shape index (κ1) is 18.1. The Kier molecular flexibility index (Phi) is 7.56. The van der Waals surface area contributed by atoms with Crippen LogP contribution in [0.4, 0.5) is 11.4 Å². The van der Waals surface area contributed by atoms with Gasteiger partial charge in [-0.1, -0.05) is 11.6 Å². The molecule has 2 N–H and O–H groups in total. The lowest BCUT2D eigenvalue weighted by Crippen LogP contribution is -2.17. The van der Waals surface area contributed by atoms with E-state index in [0.717, 1.165) is 0 Å². The van der Waals surface area contributed by atoms with Crippen molar-refractivity contribution in [2.75, 3.05) is 11.9 Å². The van der Waals surface area contributed by atoms with E-state index in [1.165, 1.54) is 18.2 Å². The number of amidine groups is 1. The Labute approximate surface area is 126 Å². The molecule has 9 heteroatoms. The molecule has 0 amide bonds. The summed E-state index contributed by atoms with van der Waals surface area (Å²) in [7, 11) is 0. The third kappa shape index (κ3) is 5.41. The van der Waals surface area contributed by atoms with Gasteiger partial charge in [-0.3, -0.25) is 20.3 Å². The van der Waals surface area contributed by atoms with Gasteiger partial charge in [0.15, 0.2) is 0 Å². The molecule has 0 spiro atoms. The fourth-order valence-electron chi connectivity index (χ4n) is 1.28. The van der Waals surface area contributed by atoms with Gasteiger partial charge in [-0.2, -0.15) is 0 Å². The van der Waals surface area contributed by atoms with Gasteiger partial charge in [-0.15, -0.1) is 12.4 Å². The summed E-state index contributed by atoms with van der Waals surface area (Å²) in [6.45, 7) is 1.91. The Bertz CT molecular complexity index is 522. The highest BCUT2D eigenvalue weighted by molar-refractivity contribution is 6.34. The Balaban J connectivity index is 0.00000361. The number of nitro benzene ring substituents is 1. The van der Waals surface area contributed by atoms with E-state index in [2.05, 4.69) is 10.1 Å². The summed E-state index contributed by atoms with van der Waals surface area (Å²) in [5.74, 6) is -0.632. The average Bonchev–Trinajstić information content (AvgIpc) is 2.31. The number of carbonyl (C=O) groups excluding carboxylic acids is 1. The number of nitrogens with zero attached hydrogens (tertiary/aromatic N) is 1. The number of esters is 1. The van der Waals surface area contributed by atoms with E-state index >= 15 is 0 Å². The van der Waals surface area contributed by atoms with Crippen LogP contribution in [0, 0.1) is 15.5 Å². The zero-order valence-corrected chi connectivity index (χ0v) is 12.1. The predicted molar refractivity (Wildman–Crippen MR) is 78.0 cm³/mol. The lowest BCUT2D eigenvalue weighted by Gasteiger charge is -2.09. The number of benzene rings is 1. The van der Waals surface area contributed by atoms with Crippen LogP contribution in [-0.2, 0) is 9.53 Å². The van der Waals surface area contributed by atoms with Crippen molar-refractivity contribution >= 4 is 47.2 Å². The molecule has 0 aliphatic carbocycles. The van der Waals surface area contributed by atoms with Crippen molar-refractivity contribution in [3.8, 4) is 0 Å². The number of nitro groups is 1. The molecule has 0 aliphatic rings. The lowest BCUT2D eigenvalue weighted by atomic mass is 10.2. The quantitative estimate of drug-likeness (QED) is 0.285. The second-order valence-electron chi connectivity index (χ2n) is 3.51. The van der Waals surface area contributed by atoms with Crippen molar-refractivity contribution in [3.05, 3.63) is 33.3 Å². The standard InChI is InChI=1S/C11H12ClN3O4.ClH/c1-2-19-11(16)6-10(13)14-9-4-3-7(15(17)18)5-8(9)12;/h3-5H,2,6H2,1H3,(H2,13,14);1H. The molecule has 0 radical (unpaired) electrons. The SMILES string of the molecule is CCOC(=O)CC(=N)Nc1ccc([N+](=O)[O-])cc1Cl.Cl.